The van der Waals surface area contributed by atoms with Crippen LogP contribution in [0.3, 0.4) is 0 Å². The number of amides is 2. The number of thioether (sulfide) groups is 1. The van der Waals surface area contributed by atoms with Crippen LogP contribution in [0.25, 0.3) is 0 Å². The lowest BCUT2D eigenvalue weighted by molar-refractivity contribution is -0.274. The van der Waals surface area contributed by atoms with Crippen molar-refractivity contribution in [1.29, 1.82) is 0 Å². The fourth-order valence-electron chi connectivity index (χ4n) is 3.53. The molecule has 1 aromatic carbocycles. The zero-order valence-electron chi connectivity index (χ0n) is 16.9. The molecule has 1 aliphatic heterocycles. The number of nitrogens with one attached hydrogen (secondary N) is 3. The van der Waals surface area contributed by atoms with Crippen LogP contribution in [0.2, 0.25) is 0 Å². The average molecular weight is 476 g/mol. The Morgan fingerprint density at radius 2 is 1.84 bits per heavy atom. The SMILES string of the molecule is CC(=O)NCCNC(=O)[C@@H]1C[C@@H](O)[C@H](O)[C@H]2N=C(Nc3ccc(OC(F)(F)F)cc3)S[C@@H]21. The second kappa shape index (κ2) is 9.96. The topological polar surface area (TPSA) is 132 Å². The predicted octanol–water partition coefficient (Wildman–Crippen LogP) is 0.831. The Kier molecular flexibility index (Phi) is 7.51. The average Bonchev–Trinajstić information content (AvgIpc) is 3.12. The van der Waals surface area contributed by atoms with E-state index in [0.717, 1.165) is 12.1 Å². The maximum absolute atomic E-state index is 12.6. The van der Waals surface area contributed by atoms with Crippen LogP contribution >= 0.6 is 11.8 Å². The Morgan fingerprint density at radius 3 is 2.47 bits per heavy atom. The summed E-state index contributed by atoms with van der Waals surface area (Å²) in [5, 5.41) is 28.7. The number of aliphatic hydroxyl groups excluding tert-OH is 2. The monoisotopic (exact) mass is 476 g/mol. The van der Waals surface area contributed by atoms with Crippen LogP contribution in [0.4, 0.5) is 18.9 Å². The molecule has 2 aliphatic rings. The molecule has 9 nitrogen and oxygen atoms in total. The molecule has 0 unspecified atom stereocenters. The van der Waals surface area contributed by atoms with E-state index in [1.54, 1.807) is 0 Å². The van der Waals surface area contributed by atoms with Gasteiger partial charge in [0.25, 0.3) is 0 Å². The number of amidine groups is 1. The minimum Gasteiger partial charge on any atom is -0.406 e. The van der Waals surface area contributed by atoms with Crippen LogP contribution in [-0.2, 0) is 9.59 Å². The highest BCUT2D eigenvalue weighted by atomic mass is 32.2. The number of hydrogen-bond acceptors (Lipinski definition) is 8. The van der Waals surface area contributed by atoms with Crippen LogP contribution in [0.15, 0.2) is 29.3 Å². The summed E-state index contributed by atoms with van der Waals surface area (Å²) in [5.41, 5.74) is 0.441. The van der Waals surface area contributed by atoms with Gasteiger partial charge in [0.05, 0.1) is 18.1 Å². The van der Waals surface area contributed by atoms with Gasteiger partial charge in [-0.1, -0.05) is 11.8 Å². The highest BCUT2D eigenvalue weighted by Gasteiger charge is 2.50. The molecule has 1 fully saturated rings. The number of rotatable bonds is 6. The third-order valence-electron chi connectivity index (χ3n) is 4.96. The quantitative estimate of drug-likeness (QED) is 0.384. The summed E-state index contributed by atoms with van der Waals surface area (Å²) in [4.78, 5) is 27.9. The molecule has 0 saturated heterocycles. The highest BCUT2D eigenvalue weighted by Crippen LogP contribution is 2.41. The van der Waals surface area contributed by atoms with Crippen LogP contribution in [0, 0.1) is 5.92 Å². The van der Waals surface area contributed by atoms with Crippen molar-refractivity contribution in [3.8, 4) is 5.75 Å². The van der Waals surface area contributed by atoms with Gasteiger partial charge in [-0.3, -0.25) is 14.6 Å². The Balaban J connectivity index is 1.63. The molecule has 0 bridgehead atoms. The summed E-state index contributed by atoms with van der Waals surface area (Å²) in [6.45, 7) is 1.84. The van der Waals surface area contributed by atoms with Gasteiger partial charge in [-0.05, 0) is 30.7 Å². The standard InChI is InChI=1S/C19H23F3N4O5S/c1-9(27)23-6-7-24-17(30)12-8-13(28)15(29)14-16(12)32-18(26-14)25-10-2-4-11(5-3-10)31-19(20,21)22/h2-5,12-16,28-29H,6-8H2,1H3,(H,23,27)(H,24,30)(H,25,26)/t12-,13-,14-,15+,16-/m1/s1. The first kappa shape index (κ1) is 24.1. The van der Waals surface area contributed by atoms with Gasteiger partial charge in [-0.25, -0.2) is 0 Å². The van der Waals surface area contributed by atoms with Crippen LogP contribution in [-0.4, -0.2) is 70.1 Å². The van der Waals surface area contributed by atoms with Crippen molar-refractivity contribution in [2.24, 2.45) is 10.9 Å². The molecule has 1 heterocycles. The maximum Gasteiger partial charge on any atom is 0.573 e. The first-order valence-corrected chi connectivity index (χ1v) is 10.7. The minimum atomic E-state index is -4.79. The Labute approximate surface area is 185 Å². The molecule has 1 aliphatic carbocycles. The van der Waals surface area contributed by atoms with E-state index in [4.69, 9.17) is 0 Å². The number of anilines is 1. The van der Waals surface area contributed by atoms with E-state index in [0.29, 0.717) is 10.9 Å². The van der Waals surface area contributed by atoms with Gasteiger partial charge >= 0.3 is 6.36 Å². The van der Waals surface area contributed by atoms with Gasteiger partial charge in [0, 0.05) is 31.0 Å². The Morgan fingerprint density at radius 1 is 1.19 bits per heavy atom. The molecule has 176 valence electrons. The molecule has 32 heavy (non-hydrogen) atoms. The number of alkyl halides is 3. The number of carbonyl (C=O) groups excluding carboxylic acids is 2. The third kappa shape index (κ3) is 6.26. The number of nitrogens with zero attached hydrogens (tertiary/aromatic N) is 1. The van der Waals surface area contributed by atoms with Crippen molar-refractivity contribution in [3.63, 3.8) is 0 Å². The Hall–Kier alpha value is -2.51. The van der Waals surface area contributed by atoms with E-state index >= 15 is 0 Å². The van der Waals surface area contributed by atoms with Crippen molar-refractivity contribution in [3.05, 3.63) is 24.3 Å². The summed E-state index contributed by atoms with van der Waals surface area (Å²) in [7, 11) is 0. The number of aliphatic imine (C=N–C) groups is 1. The van der Waals surface area contributed by atoms with Gasteiger partial charge in [-0.2, -0.15) is 0 Å². The van der Waals surface area contributed by atoms with Gasteiger partial charge in [0.15, 0.2) is 5.17 Å². The van der Waals surface area contributed by atoms with Crippen LogP contribution < -0.4 is 20.7 Å². The fourth-order valence-corrected chi connectivity index (χ4v) is 4.90. The van der Waals surface area contributed by atoms with Crippen LogP contribution in [0.5, 0.6) is 5.75 Å². The minimum absolute atomic E-state index is 0.0492. The molecule has 1 saturated carbocycles. The molecule has 13 heteroatoms. The van der Waals surface area contributed by atoms with Crippen molar-refractivity contribution >= 4 is 34.4 Å². The molecular weight excluding hydrogens is 453 g/mol. The van der Waals surface area contributed by atoms with Crippen LogP contribution in [0.1, 0.15) is 13.3 Å². The zero-order chi connectivity index (χ0) is 23.5. The van der Waals surface area contributed by atoms with Crippen molar-refractivity contribution < 1.29 is 37.7 Å². The van der Waals surface area contributed by atoms with E-state index in [1.165, 1.54) is 30.8 Å². The van der Waals surface area contributed by atoms with E-state index in [1.807, 2.05) is 0 Å². The van der Waals surface area contributed by atoms with Gasteiger partial charge in [0.1, 0.15) is 11.9 Å². The number of carbonyl (C=O) groups is 2. The third-order valence-corrected chi connectivity index (χ3v) is 6.27. The number of hydrogen-bond donors (Lipinski definition) is 5. The number of aliphatic hydroxyl groups is 2. The number of benzene rings is 1. The number of halogens is 3. The second-order valence-corrected chi connectivity index (χ2v) is 8.55. The molecule has 2 amide bonds. The first-order chi connectivity index (χ1) is 15.0. The van der Waals surface area contributed by atoms with Gasteiger partial charge in [0.2, 0.25) is 11.8 Å². The predicted molar refractivity (Wildman–Crippen MR) is 111 cm³/mol. The Bertz CT molecular complexity index is 868. The first-order valence-electron chi connectivity index (χ1n) is 9.79. The second-order valence-electron chi connectivity index (χ2n) is 7.38. The van der Waals surface area contributed by atoms with Crippen molar-refractivity contribution in [1.82, 2.24) is 10.6 Å². The summed E-state index contributed by atoms with van der Waals surface area (Å²) in [5.74, 6) is -1.54. The maximum atomic E-state index is 12.6. The highest BCUT2D eigenvalue weighted by molar-refractivity contribution is 8.15. The fraction of sp³-hybridized carbons (Fsp3) is 0.526. The lowest BCUT2D eigenvalue weighted by Gasteiger charge is -2.37. The molecule has 5 N–H and O–H groups in total. The number of ether oxygens (including phenoxy) is 1. The normalized spacial score (nSPS) is 27.2. The molecule has 0 radical (unpaired) electrons. The largest absolute Gasteiger partial charge is 0.573 e. The molecule has 0 aromatic heterocycles. The van der Waals surface area contributed by atoms with Gasteiger partial charge in [-0.15, -0.1) is 13.2 Å². The lowest BCUT2D eigenvalue weighted by atomic mass is 9.81. The van der Waals surface area contributed by atoms with E-state index in [-0.39, 0.29) is 37.1 Å². The number of fused-ring (bicyclic) bond motifs is 1. The van der Waals surface area contributed by atoms with Gasteiger partial charge < -0.3 is 30.9 Å². The van der Waals surface area contributed by atoms with E-state index in [9.17, 15) is 33.0 Å². The summed E-state index contributed by atoms with van der Waals surface area (Å²) in [6.07, 6.45) is -7.03. The molecule has 1 aromatic rings. The smallest absolute Gasteiger partial charge is 0.406 e. The summed E-state index contributed by atoms with van der Waals surface area (Å²) < 4.78 is 40.7. The van der Waals surface area contributed by atoms with E-state index < -0.39 is 35.8 Å². The zero-order valence-corrected chi connectivity index (χ0v) is 17.7. The molecule has 0 spiro atoms. The van der Waals surface area contributed by atoms with E-state index in [2.05, 4.69) is 25.7 Å². The molecule has 3 rings (SSSR count). The van der Waals surface area contributed by atoms with Crippen molar-refractivity contribution in [2.45, 2.75) is 43.2 Å². The molecule has 5 atom stereocenters. The van der Waals surface area contributed by atoms with Crippen molar-refractivity contribution in [2.75, 3.05) is 18.4 Å². The lowest BCUT2D eigenvalue weighted by Crippen LogP contribution is -2.54. The molecular formula is C19H23F3N4O5S. The summed E-state index contributed by atoms with van der Waals surface area (Å²) in [6, 6.07) is 4.32. The summed E-state index contributed by atoms with van der Waals surface area (Å²) >= 11 is 1.22.